The molecule has 4 N–H and O–H groups in total. The van der Waals surface area contributed by atoms with Gasteiger partial charge in [-0.25, -0.2) is 0 Å². The fraction of sp³-hybridized carbons (Fsp3) is 0. The highest BCUT2D eigenvalue weighted by molar-refractivity contribution is 6.01. The average Bonchev–Trinajstić information content (AvgIpc) is 2.50. The number of anilines is 1. The van der Waals surface area contributed by atoms with Gasteiger partial charge in [-0.3, -0.25) is 4.99 Å². The number of benzene rings is 1. The van der Waals surface area contributed by atoms with Gasteiger partial charge in [0.1, 0.15) is 5.70 Å². The number of aliphatic imine (C=N–C) groups is 1. The summed E-state index contributed by atoms with van der Waals surface area (Å²) in [5, 5.41) is 14.4. The van der Waals surface area contributed by atoms with E-state index in [0.717, 1.165) is 11.3 Å². The molecule has 0 amide bonds. The number of para-hydroxylation sites is 1. The SMILES string of the molecule is NC(=NO)C1=CNc2ccccc2C=N1. The molecule has 0 aromatic heterocycles. The number of rotatable bonds is 1. The Morgan fingerprint density at radius 3 is 3.00 bits per heavy atom. The first-order valence-electron chi connectivity index (χ1n) is 4.39. The predicted octanol–water partition coefficient (Wildman–Crippen LogP) is 1.12. The Balaban J connectivity index is 2.38. The van der Waals surface area contributed by atoms with Gasteiger partial charge in [-0.05, 0) is 6.07 Å². The Labute approximate surface area is 86.6 Å². The molecule has 5 nitrogen and oxygen atoms in total. The molecule has 0 saturated carbocycles. The monoisotopic (exact) mass is 202 g/mol. The van der Waals surface area contributed by atoms with Gasteiger partial charge in [0.25, 0.3) is 0 Å². The second-order valence-corrected chi connectivity index (χ2v) is 3.00. The Kier molecular flexibility index (Phi) is 2.37. The molecule has 15 heavy (non-hydrogen) atoms. The molecule has 1 heterocycles. The van der Waals surface area contributed by atoms with Gasteiger partial charge in [-0.1, -0.05) is 23.4 Å². The van der Waals surface area contributed by atoms with E-state index in [4.69, 9.17) is 10.9 Å². The summed E-state index contributed by atoms with van der Waals surface area (Å²) < 4.78 is 0. The normalized spacial score (nSPS) is 14.9. The van der Waals surface area contributed by atoms with E-state index in [1.54, 1.807) is 12.4 Å². The first-order valence-corrected chi connectivity index (χ1v) is 4.39. The lowest BCUT2D eigenvalue weighted by Gasteiger charge is -2.01. The van der Waals surface area contributed by atoms with Gasteiger partial charge in [-0.2, -0.15) is 0 Å². The lowest BCUT2D eigenvalue weighted by Crippen LogP contribution is -2.14. The van der Waals surface area contributed by atoms with Crippen LogP contribution in [0, 0.1) is 0 Å². The minimum absolute atomic E-state index is 0.0217. The van der Waals surface area contributed by atoms with Crippen LogP contribution < -0.4 is 11.1 Å². The molecule has 1 aliphatic rings. The van der Waals surface area contributed by atoms with Gasteiger partial charge in [0.2, 0.25) is 0 Å². The molecule has 0 saturated heterocycles. The molecule has 0 radical (unpaired) electrons. The number of nitrogens with zero attached hydrogens (tertiary/aromatic N) is 2. The summed E-state index contributed by atoms with van der Waals surface area (Å²) in [5.74, 6) is -0.0217. The average molecular weight is 202 g/mol. The highest BCUT2D eigenvalue weighted by Gasteiger charge is 2.06. The number of hydrogen-bond donors (Lipinski definition) is 3. The van der Waals surface area contributed by atoms with Crippen LogP contribution in [0.25, 0.3) is 0 Å². The summed E-state index contributed by atoms with van der Waals surface area (Å²) in [6.45, 7) is 0. The Hall–Kier alpha value is -2.30. The number of amidine groups is 1. The number of nitrogens with two attached hydrogens (primary N) is 1. The highest BCUT2D eigenvalue weighted by atomic mass is 16.4. The van der Waals surface area contributed by atoms with Crippen LogP contribution in [0.15, 0.2) is 46.3 Å². The van der Waals surface area contributed by atoms with Crippen LogP contribution in [0.3, 0.4) is 0 Å². The van der Waals surface area contributed by atoms with Crippen molar-refractivity contribution in [3.8, 4) is 0 Å². The third kappa shape index (κ3) is 1.80. The highest BCUT2D eigenvalue weighted by Crippen LogP contribution is 2.16. The van der Waals surface area contributed by atoms with E-state index in [0.29, 0.717) is 5.70 Å². The minimum atomic E-state index is -0.0217. The molecule has 0 atom stereocenters. The van der Waals surface area contributed by atoms with Crippen LogP contribution >= 0.6 is 0 Å². The van der Waals surface area contributed by atoms with Gasteiger partial charge in [-0.15, -0.1) is 0 Å². The third-order valence-corrected chi connectivity index (χ3v) is 2.04. The van der Waals surface area contributed by atoms with Gasteiger partial charge in [0.15, 0.2) is 5.84 Å². The molecule has 0 fully saturated rings. The smallest absolute Gasteiger partial charge is 0.190 e. The second kappa shape index (κ2) is 3.83. The predicted molar refractivity (Wildman–Crippen MR) is 59.2 cm³/mol. The van der Waals surface area contributed by atoms with E-state index in [-0.39, 0.29) is 5.84 Å². The number of hydrogen-bond acceptors (Lipinski definition) is 4. The molecule has 2 rings (SSSR count). The number of nitrogens with one attached hydrogen (secondary N) is 1. The van der Waals surface area contributed by atoms with E-state index < -0.39 is 0 Å². The van der Waals surface area contributed by atoms with Crippen LogP contribution in [0.5, 0.6) is 0 Å². The fourth-order valence-electron chi connectivity index (χ4n) is 1.25. The Bertz CT molecular complexity index is 462. The minimum Gasteiger partial charge on any atom is -0.409 e. The van der Waals surface area contributed by atoms with Crippen molar-refractivity contribution < 1.29 is 5.21 Å². The zero-order chi connectivity index (χ0) is 10.7. The molecular formula is C10H10N4O. The molecule has 0 aliphatic carbocycles. The molecule has 1 aliphatic heterocycles. The van der Waals surface area contributed by atoms with Crippen LogP contribution in [-0.4, -0.2) is 17.3 Å². The van der Waals surface area contributed by atoms with Crippen molar-refractivity contribution in [2.45, 2.75) is 0 Å². The first kappa shape index (κ1) is 9.26. The lowest BCUT2D eigenvalue weighted by atomic mass is 10.2. The molecule has 0 bridgehead atoms. The van der Waals surface area contributed by atoms with E-state index in [2.05, 4.69) is 15.5 Å². The summed E-state index contributed by atoms with van der Waals surface area (Å²) in [5.41, 5.74) is 7.71. The summed E-state index contributed by atoms with van der Waals surface area (Å²) in [4.78, 5) is 4.09. The topological polar surface area (TPSA) is 83.0 Å². The third-order valence-electron chi connectivity index (χ3n) is 2.04. The van der Waals surface area contributed by atoms with Crippen molar-refractivity contribution in [2.24, 2.45) is 15.9 Å². The summed E-state index contributed by atoms with van der Waals surface area (Å²) in [7, 11) is 0. The maximum Gasteiger partial charge on any atom is 0.190 e. The maximum atomic E-state index is 8.52. The van der Waals surface area contributed by atoms with Crippen LogP contribution in [0.4, 0.5) is 5.69 Å². The molecule has 76 valence electrons. The van der Waals surface area contributed by atoms with E-state index in [1.807, 2.05) is 24.3 Å². The Morgan fingerprint density at radius 1 is 1.40 bits per heavy atom. The van der Waals surface area contributed by atoms with Crippen LogP contribution in [0.2, 0.25) is 0 Å². The quantitative estimate of drug-likeness (QED) is 0.276. The van der Waals surface area contributed by atoms with Crippen LogP contribution in [-0.2, 0) is 0 Å². The molecule has 0 spiro atoms. The fourth-order valence-corrected chi connectivity index (χ4v) is 1.25. The molecule has 1 aromatic rings. The van der Waals surface area contributed by atoms with Crippen molar-refractivity contribution in [1.82, 2.24) is 0 Å². The zero-order valence-corrected chi connectivity index (χ0v) is 7.88. The lowest BCUT2D eigenvalue weighted by molar-refractivity contribution is 0.318. The van der Waals surface area contributed by atoms with Gasteiger partial charge in [0, 0.05) is 23.7 Å². The summed E-state index contributed by atoms with van der Waals surface area (Å²) in [6, 6.07) is 7.69. The molecule has 0 unspecified atom stereocenters. The van der Waals surface area contributed by atoms with Gasteiger partial charge in [0.05, 0.1) is 0 Å². The Morgan fingerprint density at radius 2 is 2.20 bits per heavy atom. The largest absolute Gasteiger partial charge is 0.409 e. The van der Waals surface area contributed by atoms with Crippen LogP contribution in [0.1, 0.15) is 5.56 Å². The molecular weight excluding hydrogens is 192 g/mol. The summed E-state index contributed by atoms with van der Waals surface area (Å²) >= 11 is 0. The molecule has 1 aromatic carbocycles. The summed E-state index contributed by atoms with van der Waals surface area (Å²) in [6.07, 6.45) is 3.26. The van der Waals surface area contributed by atoms with Crippen molar-refractivity contribution in [1.29, 1.82) is 0 Å². The van der Waals surface area contributed by atoms with E-state index in [1.165, 1.54) is 0 Å². The molecule has 5 heteroatoms. The zero-order valence-electron chi connectivity index (χ0n) is 7.88. The standard InChI is InChI=1S/C10H10N4O/c11-10(14-15)9-6-13-8-4-2-1-3-7(8)5-12-9/h1-6,13,15H,(H2,11,14). The van der Waals surface area contributed by atoms with Crippen molar-refractivity contribution in [2.75, 3.05) is 5.32 Å². The van der Waals surface area contributed by atoms with E-state index in [9.17, 15) is 0 Å². The van der Waals surface area contributed by atoms with Crippen molar-refractivity contribution in [3.05, 3.63) is 41.7 Å². The first-order chi connectivity index (χ1) is 7.31. The number of oxime groups is 1. The van der Waals surface area contributed by atoms with Gasteiger partial charge >= 0.3 is 0 Å². The van der Waals surface area contributed by atoms with Crippen molar-refractivity contribution in [3.63, 3.8) is 0 Å². The second-order valence-electron chi connectivity index (χ2n) is 3.00. The number of fused-ring (bicyclic) bond motifs is 1. The van der Waals surface area contributed by atoms with Crippen molar-refractivity contribution >= 4 is 17.7 Å². The maximum absolute atomic E-state index is 8.52. The van der Waals surface area contributed by atoms with Gasteiger partial charge < -0.3 is 16.3 Å². The van der Waals surface area contributed by atoms with E-state index >= 15 is 0 Å².